The Balaban J connectivity index is 2.78. The largest absolute Gasteiger partial charge is 0.390 e. The summed E-state index contributed by atoms with van der Waals surface area (Å²) in [6.07, 6.45) is 1.63. The molecule has 0 bridgehead atoms. The fraction of sp³-hybridized carbons (Fsp3) is 0.556. The number of anilines is 1. The second-order valence-corrected chi connectivity index (χ2v) is 3.90. The summed E-state index contributed by atoms with van der Waals surface area (Å²) in [7, 11) is 0. The predicted octanol–water partition coefficient (Wildman–Crippen LogP) is 1.18. The van der Waals surface area contributed by atoms with E-state index in [-0.39, 0.29) is 12.1 Å². The zero-order valence-corrected chi connectivity index (χ0v) is 8.20. The van der Waals surface area contributed by atoms with E-state index in [2.05, 4.69) is 15.3 Å². The summed E-state index contributed by atoms with van der Waals surface area (Å²) >= 11 is 0. The normalized spacial score (nSPS) is 11.4. The molecule has 1 rings (SSSR count). The van der Waals surface area contributed by atoms with E-state index in [1.807, 2.05) is 20.8 Å². The van der Waals surface area contributed by atoms with Gasteiger partial charge in [0, 0.05) is 11.7 Å². The van der Waals surface area contributed by atoms with Crippen LogP contribution in [-0.4, -0.2) is 20.6 Å². The van der Waals surface area contributed by atoms with Crippen LogP contribution in [-0.2, 0) is 6.61 Å². The van der Waals surface area contributed by atoms with Crippen molar-refractivity contribution in [2.75, 3.05) is 5.32 Å². The molecule has 0 unspecified atom stereocenters. The minimum atomic E-state index is -0.0614. The Morgan fingerprint density at radius 1 is 1.46 bits per heavy atom. The summed E-state index contributed by atoms with van der Waals surface area (Å²) in [5, 5.41) is 12.0. The van der Waals surface area contributed by atoms with Gasteiger partial charge in [-0.15, -0.1) is 0 Å². The zero-order valence-electron chi connectivity index (χ0n) is 8.20. The van der Waals surface area contributed by atoms with E-state index in [4.69, 9.17) is 5.11 Å². The first-order valence-electron chi connectivity index (χ1n) is 4.22. The van der Waals surface area contributed by atoms with Crippen LogP contribution in [0.5, 0.6) is 0 Å². The molecule has 4 nitrogen and oxygen atoms in total. The van der Waals surface area contributed by atoms with Crippen molar-refractivity contribution in [3.8, 4) is 0 Å². The maximum Gasteiger partial charge on any atom is 0.223 e. The standard InChI is InChI=1S/C9H15N3O/c1-9(2,3)12-8-10-5-4-7(6-13)11-8/h4-5,13H,6H2,1-3H3,(H,10,11,12). The maximum atomic E-state index is 8.84. The highest BCUT2D eigenvalue weighted by molar-refractivity contribution is 5.28. The Morgan fingerprint density at radius 3 is 2.69 bits per heavy atom. The summed E-state index contributed by atoms with van der Waals surface area (Å²) in [5.41, 5.74) is 0.565. The number of aliphatic hydroxyl groups is 1. The lowest BCUT2D eigenvalue weighted by atomic mass is 10.1. The lowest BCUT2D eigenvalue weighted by Gasteiger charge is -2.20. The summed E-state index contributed by atoms with van der Waals surface area (Å²) in [6, 6.07) is 1.69. The molecule has 0 saturated carbocycles. The van der Waals surface area contributed by atoms with Crippen LogP contribution >= 0.6 is 0 Å². The first kappa shape index (κ1) is 9.92. The number of nitrogens with zero attached hydrogens (tertiary/aromatic N) is 2. The highest BCUT2D eigenvalue weighted by Gasteiger charge is 2.10. The average Bonchev–Trinajstić information content (AvgIpc) is 2.01. The van der Waals surface area contributed by atoms with Gasteiger partial charge < -0.3 is 10.4 Å². The summed E-state index contributed by atoms with van der Waals surface area (Å²) < 4.78 is 0. The molecule has 0 spiro atoms. The van der Waals surface area contributed by atoms with E-state index in [0.29, 0.717) is 11.6 Å². The van der Waals surface area contributed by atoms with Crippen molar-refractivity contribution in [1.29, 1.82) is 0 Å². The molecule has 4 heteroatoms. The number of rotatable bonds is 2. The van der Waals surface area contributed by atoms with E-state index in [1.165, 1.54) is 0 Å². The Labute approximate surface area is 78.0 Å². The predicted molar refractivity (Wildman–Crippen MR) is 51.3 cm³/mol. The van der Waals surface area contributed by atoms with Crippen molar-refractivity contribution in [3.63, 3.8) is 0 Å². The molecule has 1 aromatic rings. The van der Waals surface area contributed by atoms with Crippen molar-refractivity contribution in [1.82, 2.24) is 9.97 Å². The first-order valence-corrected chi connectivity index (χ1v) is 4.22. The fourth-order valence-electron chi connectivity index (χ4n) is 0.880. The third-order valence-electron chi connectivity index (χ3n) is 1.36. The number of hydrogen-bond donors (Lipinski definition) is 2. The minimum absolute atomic E-state index is 0.0542. The van der Waals surface area contributed by atoms with E-state index in [9.17, 15) is 0 Å². The topological polar surface area (TPSA) is 58.0 Å². The summed E-state index contributed by atoms with van der Waals surface area (Å²) in [6.45, 7) is 6.03. The van der Waals surface area contributed by atoms with Gasteiger partial charge in [0.05, 0.1) is 12.3 Å². The van der Waals surface area contributed by atoms with Gasteiger partial charge >= 0.3 is 0 Å². The summed E-state index contributed by atoms with van der Waals surface area (Å²) in [4.78, 5) is 8.14. The molecule has 0 aliphatic rings. The second-order valence-electron chi connectivity index (χ2n) is 3.90. The van der Waals surface area contributed by atoms with Crippen LogP contribution in [0.3, 0.4) is 0 Å². The quantitative estimate of drug-likeness (QED) is 0.719. The van der Waals surface area contributed by atoms with Gasteiger partial charge in [-0.3, -0.25) is 0 Å². The third kappa shape index (κ3) is 3.38. The molecule has 0 radical (unpaired) electrons. The van der Waals surface area contributed by atoms with Gasteiger partial charge in [0.1, 0.15) is 0 Å². The number of aliphatic hydroxyl groups excluding tert-OH is 1. The van der Waals surface area contributed by atoms with Crippen LogP contribution in [0.25, 0.3) is 0 Å². The van der Waals surface area contributed by atoms with E-state index in [1.54, 1.807) is 12.3 Å². The molecule has 0 saturated heterocycles. The molecule has 0 aliphatic carbocycles. The highest BCUT2D eigenvalue weighted by atomic mass is 16.3. The van der Waals surface area contributed by atoms with E-state index in [0.717, 1.165) is 0 Å². The lowest BCUT2D eigenvalue weighted by Crippen LogP contribution is -2.27. The molecule has 0 amide bonds. The molecule has 0 aromatic carbocycles. The molecule has 72 valence electrons. The monoisotopic (exact) mass is 181 g/mol. The molecule has 0 fully saturated rings. The van der Waals surface area contributed by atoms with Crippen LogP contribution in [0.2, 0.25) is 0 Å². The Kier molecular flexibility index (Phi) is 2.83. The molecule has 1 heterocycles. The summed E-state index contributed by atoms with van der Waals surface area (Å²) in [5.74, 6) is 0.555. The average molecular weight is 181 g/mol. The zero-order chi connectivity index (χ0) is 9.90. The molecule has 0 atom stereocenters. The van der Waals surface area contributed by atoms with E-state index >= 15 is 0 Å². The molecule has 2 N–H and O–H groups in total. The van der Waals surface area contributed by atoms with Crippen LogP contribution in [0.1, 0.15) is 26.5 Å². The smallest absolute Gasteiger partial charge is 0.223 e. The molecule has 1 aromatic heterocycles. The van der Waals surface area contributed by atoms with Crippen molar-refractivity contribution < 1.29 is 5.11 Å². The number of nitrogens with one attached hydrogen (secondary N) is 1. The minimum Gasteiger partial charge on any atom is -0.390 e. The number of aromatic nitrogens is 2. The molecular formula is C9H15N3O. The van der Waals surface area contributed by atoms with Crippen LogP contribution in [0, 0.1) is 0 Å². The van der Waals surface area contributed by atoms with Crippen molar-refractivity contribution in [2.45, 2.75) is 32.9 Å². The second kappa shape index (κ2) is 3.70. The fourth-order valence-corrected chi connectivity index (χ4v) is 0.880. The van der Waals surface area contributed by atoms with Gasteiger partial charge in [0.15, 0.2) is 0 Å². The van der Waals surface area contributed by atoms with Crippen molar-refractivity contribution >= 4 is 5.95 Å². The Morgan fingerprint density at radius 2 is 2.15 bits per heavy atom. The van der Waals surface area contributed by atoms with Crippen LogP contribution in [0.4, 0.5) is 5.95 Å². The van der Waals surface area contributed by atoms with Gasteiger partial charge in [-0.1, -0.05) is 0 Å². The third-order valence-corrected chi connectivity index (χ3v) is 1.36. The first-order chi connectivity index (χ1) is 6.01. The SMILES string of the molecule is CC(C)(C)Nc1nccc(CO)n1. The Hall–Kier alpha value is -1.16. The van der Waals surface area contributed by atoms with Gasteiger partial charge in [0.2, 0.25) is 5.95 Å². The van der Waals surface area contributed by atoms with Gasteiger partial charge in [-0.25, -0.2) is 9.97 Å². The van der Waals surface area contributed by atoms with Gasteiger partial charge in [-0.2, -0.15) is 0 Å². The molecule has 13 heavy (non-hydrogen) atoms. The molecule has 0 aliphatic heterocycles. The van der Waals surface area contributed by atoms with Gasteiger partial charge in [0.25, 0.3) is 0 Å². The van der Waals surface area contributed by atoms with Crippen molar-refractivity contribution in [2.24, 2.45) is 0 Å². The van der Waals surface area contributed by atoms with Crippen molar-refractivity contribution in [3.05, 3.63) is 18.0 Å². The lowest BCUT2D eigenvalue weighted by molar-refractivity contribution is 0.276. The van der Waals surface area contributed by atoms with Gasteiger partial charge in [-0.05, 0) is 26.8 Å². The Bertz CT molecular complexity index is 280. The number of hydrogen-bond acceptors (Lipinski definition) is 4. The maximum absolute atomic E-state index is 8.84. The van der Waals surface area contributed by atoms with Crippen LogP contribution in [0.15, 0.2) is 12.3 Å². The van der Waals surface area contributed by atoms with Crippen LogP contribution < -0.4 is 5.32 Å². The van der Waals surface area contributed by atoms with E-state index < -0.39 is 0 Å². The highest BCUT2D eigenvalue weighted by Crippen LogP contribution is 2.09. The molecular weight excluding hydrogens is 166 g/mol.